The molecule has 0 radical (unpaired) electrons. The summed E-state index contributed by atoms with van der Waals surface area (Å²) in [5.41, 5.74) is 1.09. The Hall–Kier alpha value is -1.09. The largest absolute Gasteiger partial charge is 0.508 e. The molecular weight excluding hydrogens is 229 g/mol. The van der Waals surface area contributed by atoms with Gasteiger partial charge in [0.15, 0.2) is 0 Å². The Bertz CT molecular complexity index is 421. The van der Waals surface area contributed by atoms with Crippen molar-refractivity contribution in [2.45, 2.75) is 39.7 Å². The molecule has 2 nitrogen and oxygen atoms in total. The molecule has 18 heavy (non-hydrogen) atoms. The highest BCUT2D eigenvalue weighted by atomic mass is 19.1. The third-order valence-corrected chi connectivity index (χ3v) is 4.14. The molecule has 3 heteroatoms. The molecule has 100 valence electrons. The first-order chi connectivity index (χ1) is 8.39. The Morgan fingerprint density at radius 3 is 2.50 bits per heavy atom. The molecule has 1 aliphatic heterocycles. The van der Waals surface area contributed by atoms with Gasteiger partial charge >= 0.3 is 0 Å². The molecule has 1 aromatic rings. The second kappa shape index (κ2) is 4.88. The summed E-state index contributed by atoms with van der Waals surface area (Å²) < 4.78 is 13.3. The topological polar surface area (TPSA) is 23.5 Å². The summed E-state index contributed by atoms with van der Waals surface area (Å²) >= 11 is 0. The van der Waals surface area contributed by atoms with Crippen LogP contribution in [0.4, 0.5) is 4.39 Å². The van der Waals surface area contributed by atoms with Gasteiger partial charge in [0.1, 0.15) is 11.6 Å². The van der Waals surface area contributed by atoms with Crippen molar-refractivity contribution in [1.29, 1.82) is 0 Å². The monoisotopic (exact) mass is 251 g/mol. The fourth-order valence-electron chi connectivity index (χ4n) is 2.57. The Morgan fingerprint density at radius 1 is 1.28 bits per heavy atom. The van der Waals surface area contributed by atoms with E-state index < -0.39 is 0 Å². The molecule has 0 saturated carbocycles. The van der Waals surface area contributed by atoms with Crippen molar-refractivity contribution in [3.8, 4) is 5.75 Å². The minimum atomic E-state index is -0.285. The van der Waals surface area contributed by atoms with Gasteiger partial charge in [-0.2, -0.15) is 0 Å². The zero-order chi connectivity index (χ0) is 13.3. The van der Waals surface area contributed by atoms with Gasteiger partial charge in [-0.15, -0.1) is 0 Å². The van der Waals surface area contributed by atoms with Crippen molar-refractivity contribution in [3.63, 3.8) is 0 Å². The van der Waals surface area contributed by atoms with Gasteiger partial charge < -0.3 is 5.11 Å². The molecule has 1 atom stereocenters. The number of halogens is 1. The lowest BCUT2D eigenvalue weighted by Crippen LogP contribution is -2.38. The Labute approximate surface area is 108 Å². The van der Waals surface area contributed by atoms with Crippen LogP contribution in [0, 0.1) is 11.2 Å². The SMILES string of the molecule is CC(c1cc(F)ccc1O)N1CCC(C)(C)CC1. The number of phenolic OH excluding ortho intramolecular Hbond substituents is 1. The first-order valence-electron chi connectivity index (χ1n) is 6.61. The maximum absolute atomic E-state index is 13.3. The van der Waals surface area contributed by atoms with Crippen molar-refractivity contribution < 1.29 is 9.50 Å². The molecule has 1 N–H and O–H groups in total. The van der Waals surface area contributed by atoms with Gasteiger partial charge in [0.05, 0.1) is 0 Å². The number of likely N-dealkylation sites (tertiary alicyclic amines) is 1. The van der Waals surface area contributed by atoms with Gasteiger partial charge in [0, 0.05) is 11.6 Å². The van der Waals surface area contributed by atoms with E-state index in [0.29, 0.717) is 11.0 Å². The third-order valence-electron chi connectivity index (χ3n) is 4.14. The first-order valence-corrected chi connectivity index (χ1v) is 6.61. The van der Waals surface area contributed by atoms with E-state index >= 15 is 0 Å². The summed E-state index contributed by atoms with van der Waals surface area (Å²) in [5, 5.41) is 9.85. The number of hydrogen-bond acceptors (Lipinski definition) is 2. The smallest absolute Gasteiger partial charge is 0.123 e. The lowest BCUT2D eigenvalue weighted by atomic mass is 9.82. The summed E-state index contributed by atoms with van der Waals surface area (Å²) in [6, 6.07) is 4.25. The highest BCUT2D eigenvalue weighted by molar-refractivity contribution is 5.35. The van der Waals surface area contributed by atoms with E-state index in [0.717, 1.165) is 25.9 Å². The normalized spacial score (nSPS) is 21.8. The van der Waals surface area contributed by atoms with Gasteiger partial charge in [-0.3, -0.25) is 4.90 Å². The average molecular weight is 251 g/mol. The fourth-order valence-corrected chi connectivity index (χ4v) is 2.57. The maximum atomic E-state index is 13.3. The summed E-state index contributed by atoms with van der Waals surface area (Å²) in [6.45, 7) is 8.62. The highest BCUT2D eigenvalue weighted by Gasteiger charge is 2.29. The quantitative estimate of drug-likeness (QED) is 0.866. The van der Waals surface area contributed by atoms with E-state index in [1.807, 2.05) is 6.92 Å². The molecule has 0 amide bonds. The van der Waals surface area contributed by atoms with Gasteiger partial charge in [0.25, 0.3) is 0 Å². The molecule has 1 unspecified atom stereocenters. The number of nitrogens with zero attached hydrogens (tertiary/aromatic N) is 1. The summed E-state index contributed by atoms with van der Waals surface area (Å²) in [6.07, 6.45) is 2.29. The zero-order valence-corrected chi connectivity index (χ0v) is 11.4. The lowest BCUT2D eigenvalue weighted by Gasteiger charge is -2.40. The summed E-state index contributed by atoms with van der Waals surface area (Å²) in [5.74, 6) is -0.0966. The second-order valence-electron chi connectivity index (χ2n) is 6.08. The predicted molar refractivity (Wildman–Crippen MR) is 71.1 cm³/mol. The van der Waals surface area contributed by atoms with Crippen molar-refractivity contribution in [3.05, 3.63) is 29.6 Å². The summed E-state index contributed by atoms with van der Waals surface area (Å²) in [7, 11) is 0. The van der Waals surface area contributed by atoms with E-state index in [1.165, 1.54) is 18.2 Å². The number of hydrogen-bond donors (Lipinski definition) is 1. The van der Waals surface area contributed by atoms with Crippen LogP contribution in [0.25, 0.3) is 0 Å². The van der Waals surface area contributed by atoms with Crippen LogP contribution in [0.1, 0.15) is 45.2 Å². The molecule has 2 rings (SSSR count). The third kappa shape index (κ3) is 2.83. The molecule has 1 saturated heterocycles. The van der Waals surface area contributed by atoms with Crippen LogP contribution in [0.5, 0.6) is 5.75 Å². The lowest BCUT2D eigenvalue weighted by molar-refractivity contribution is 0.0993. The number of phenols is 1. The minimum Gasteiger partial charge on any atom is -0.508 e. The molecule has 0 aliphatic carbocycles. The van der Waals surface area contributed by atoms with Crippen molar-refractivity contribution >= 4 is 0 Å². The molecule has 1 fully saturated rings. The standard InChI is InChI=1S/C15H22FNO/c1-11(13-10-12(16)4-5-14(13)18)17-8-6-15(2,3)7-9-17/h4-5,10-11,18H,6-9H2,1-3H3. The van der Waals surface area contributed by atoms with E-state index in [1.54, 1.807) is 0 Å². The first kappa shape index (κ1) is 13.3. The van der Waals surface area contributed by atoms with Crippen LogP contribution in [0.15, 0.2) is 18.2 Å². The van der Waals surface area contributed by atoms with Gasteiger partial charge in [-0.05, 0) is 56.5 Å². The molecular formula is C15H22FNO. The molecule has 1 aliphatic rings. The fraction of sp³-hybridized carbons (Fsp3) is 0.600. The second-order valence-corrected chi connectivity index (χ2v) is 6.08. The molecule has 0 spiro atoms. The van der Waals surface area contributed by atoms with Gasteiger partial charge in [0.2, 0.25) is 0 Å². The zero-order valence-electron chi connectivity index (χ0n) is 11.4. The number of rotatable bonds is 2. The van der Waals surface area contributed by atoms with Crippen LogP contribution in [-0.2, 0) is 0 Å². The van der Waals surface area contributed by atoms with Crippen molar-refractivity contribution in [2.24, 2.45) is 5.41 Å². The predicted octanol–water partition coefficient (Wildman–Crippen LogP) is 3.71. The van der Waals surface area contributed by atoms with Crippen LogP contribution in [0.2, 0.25) is 0 Å². The Balaban J connectivity index is 2.12. The van der Waals surface area contributed by atoms with Crippen LogP contribution in [0.3, 0.4) is 0 Å². The Morgan fingerprint density at radius 2 is 1.89 bits per heavy atom. The average Bonchev–Trinajstić information content (AvgIpc) is 2.31. The van der Waals surface area contributed by atoms with Crippen LogP contribution < -0.4 is 0 Å². The highest BCUT2D eigenvalue weighted by Crippen LogP contribution is 2.35. The maximum Gasteiger partial charge on any atom is 0.123 e. The van der Waals surface area contributed by atoms with Crippen LogP contribution >= 0.6 is 0 Å². The number of aromatic hydroxyl groups is 1. The van der Waals surface area contributed by atoms with E-state index in [9.17, 15) is 9.50 Å². The van der Waals surface area contributed by atoms with E-state index in [2.05, 4.69) is 18.7 Å². The van der Waals surface area contributed by atoms with Crippen molar-refractivity contribution in [2.75, 3.05) is 13.1 Å². The van der Waals surface area contributed by atoms with E-state index in [-0.39, 0.29) is 17.6 Å². The molecule has 1 heterocycles. The van der Waals surface area contributed by atoms with Gasteiger partial charge in [-0.25, -0.2) is 4.39 Å². The number of piperidine rings is 1. The minimum absolute atomic E-state index is 0.0665. The summed E-state index contributed by atoms with van der Waals surface area (Å²) in [4.78, 5) is 2.32. The van der Waals surface area contributed by atoms with Gasteiger partial charge in [-0.1, -0.05) is 13.8 Å². The van der Waals surface area contributed by atoms with E-state index in [4.69, 9.17) is 0 Å². The van der Waals surface area contributed by atoms with Crippen molar-refractivity contribution in [1.82, 2.24) is 4.90 Å². The Kier molecular flexibility index (Phi) is 3.62. The molecule has 1 aromatic carbocycles. The van der Waals surface area contributed by atoms with Crippen LogP contribution in [-0.4, -0.2) is 23.1 Å². The molecule has 0 aromatic heterocycles. The molecule has 0 bridgehead atoms. The number of benzene rings is 1.